The van der Waals surface area contributed by atoms with E-state index < -0.39 is 0 Å². The van der Waals surface area contributed by atoms with E-state index in [1.807, 2.05) is 73.0 Å². The highest BCUT2D eigenvalue weighted by molar-refractivity contribution is 9.10. The van der Waals surface area contributed by atoms with Gasteiger partial charge in [-0.15, -0.1) is 11.3 Å². The number of hydrogen-bond donors (Lipinski definition) is 2. The van der Waals surface area contributed by atoms with Crippen molar-refractivity contribution in [1.82, 2.24) is 10.2 Å². The van der Waals surface area contributed by atoms with Crippen LogP contribution < -0.4 is 10.6 Å². The fraction of sp³-hybridized carbons (Fsp3) is 0.217. The van der Waals surface area contributed by atoms with E-state index in [-0.39, 0.29) is 30.9 Å². The van der Waals surface area contributed by atoms with Crippen LogP contribution in [0.4, 0.5) is 5.69 Å². The summed E-state index contributed by atoms with van der Waals surface area (Å²) in [7, 11) is 1.76. The van der Waals surface area contributed by atoms with Crippen LogP contribution in [0.2, 0.25) is 0 Å². The molecule has 3 rings (SSSR count). The highest BCUT2D eigenvalue weighted by atomic mass is 79.9. The first-order valence-electron chi connectivity index (χ1n) is 9.54. The average Bonchev–Trinajstić information content (AvgIpc) is 3.23. The van der Waals surface area contributed by atoms with Gasteiger partial charge in [0, 0.05) is 9.35 Å². The van der Waals surface area contributed by atoms with Gasteiger partial charge in [0.05, 0.1) is 24.8 Å². The van der Waals surface area contributed by atoms with Crippen molar-refractivity contribution in [3.8, 4) is 0 Å². The summed E-state index contributed by atoms with van der Waals surface area (Å²) >= 11 is 5.02. The number of carbonyl (C=O) groups excluding carboxylic acids is 2. The van der Waals surface area contributed by atoms with Crippen molar-refractivity contribution in [3.63, 3.8) is 0 Å². The number of benzene rings is 2. The zero-order valence-corrected chi connectivity index (χ0v) is 19.3. The molecule has 0 saturated heterocycles. The van der Waals surface area contributed by atoms with E-state index >= 15 is 0 Å². The Balaban J connectivity index is 1.59. The molecule has 1 unspecified atom stereocenters. The van der Waals surface area contributed by atoms with E-state index in [1.54, 1.807) is 23.3 Å². The molecule has 0 aliphatic rings. The molecule has 0 saturated carbocycles. The SMILES string of the molecule is Cc1ccc(C(NC(=O)CN(C)CC(=O)Nc2ccccc2Br)c2cccs2)cc1. The first-order valence-corrected chi connectivity index (χ1v) is 11.2. The number of aryl methyl sites for hydroxylation is 1. The first kappa shape index (κ1) is 22.2. The van der Waals surface area contributed by atoms with Crippen LogP contribution in [-0.4, -0.2) is 36.9 Å². The number of rotatable bonds is 8. The highest BCUT2D eigenvalue weighted by Gasteiger charge is 2.19. The van der Waals surface area contributed by atoms with Gasteiger partial charge < -0.3 is 10.6 Å². The predicted molar refractivity (Wildman–Crippen MR) is 126 cm³/mol. The van der Waals surface area contributed by atoms with Crippen molar-refractivity contribution in [2.75, 3.05) is 25.5 Å². The van der Waals surface area contributed by atoms with E-state index in [4.69, 9.17) is 0 Å². The summed E-state index contributed by atoms with van der Waals surface area (Å²) in [6, 6.07) is 19.4. The summed E-state index contributed by atoms with van der Waals surface area (Å²) in [6.07, 6.45) is 0. The lowest BCUT2D eigenvalue weighted by atomic mass is 10.0. The Morgan fingerprint density at radius 3 is 2.37 bits per heavy atom. The van der Waals surface area contributed by atoms with Gasteiger partial charge in [0.15, 0.2) is 0 Å². The normalized spacial score (nSPS) is 11.9. The standard InChI is InChI=1S/C23H24BrN3O2S/c1-16-9-11-17(12-10-16)23(20-8-5-13-30-20)26-22(29)15-27(2)14-21(28)25-19-7-4-3-6-18(19)24/h3-13,23H,14-15H2,1-2H3,(H,25,28)(H,26,29). The van der Waals surface area contributed by atoms with E-state index in [0.29, 0.717) is 5.69 Å². The summed E-state index contributed by atoms with van der Waals surface area (Å²) in [4.78, 5) is 27.8. The molecule has 1 heterocycles. The minimum atomic E-state index is -0.208. The molecule has 0 radical (unpaired) electrons. The second-order valence-electron chi connectivity index (χ2n) is 7.13. The fourth-order valence-corrected chi connectivity index (χ4v) is 4.22. The Morgan fingerprint density at radius 1 is 1.00 bits per heavy atom. The number of anilines is 1. The molecule has 5 nitrogen and oxygen atoms in total. The third kappa shape index (κ3) is 6.26. The Kier molecular flexibility index (Phi) is 7.79. The summed E-state index contributed by atoms with van der Waals surface area (Å²) < 4.78 is 0.815. The lowest BCUT2D eigenvalue weighted by Gasteiger charge is -2.21. The maximum absolute atomic E-state index is 12.7. The molecule has 3 aromatic rings. The molecular weight excluding hydrogens is 462 g/mol. The van der Waals surface area contributed by atoms with Crippen LogP contribution in [0, 0.1) is 6.92 Å². The van der Waals surface area contributed by atoms with Gasteiger partial charge in [-0.3, -0.25) is 14.5 Å². The zero-order valence-electron chi connectivity index (χ0n) is 16.9. The summed E-state index contributed by atoms with van der Waals surface area (Å²) in [5, 5.41) is 7.96. The van der Waals surface area contributed by atoms with Crippen molar-refractivity contribution >= 4 is 44.8 Å². The number of nitrogens with zero attached hydrogens (tertiary/aromatic N) is 1. The molecule has 0 spiro atoms. The molecule has 30 heavy (non-hydrogen) atoms. The van der Waals surface area contributed by atoms with E-state index in [1.165, 1.54) is 5.56 Å². The molecular formula is C23H24BrN3O2S. The van der Waals surface area contributed by atoms with Gasteiger partial charge in [-0.05, 0) is 59.0 Å². The number of para-hydroxylation sites is 1. The van der Waals surface area contributed by atoms with Crippen molar-refractivity contribution in [3.05, 3.63) is 86.5 Å². The van der Waals surface area contributed by atoms with Crippen molar-refractivity contribution in [1.29, 1.82) is 0 Å². The third-order valence-electron chi connectivity index (χ3n) is 4.52. The molecule has 0 bridgehead atoms. The maximum Gasteiger partial charge on any atom is 0.238 e. The van der Waals surface area contributed by atoms with Gasteiger partial charge in [0.1, 0.15) is 0 Å². The second-order valence-corrected chi connectivity index (χ2v) is 8.96. The molecule has 1 atom stereocenters. The molecule has 0 fully saturated rings. The van der Waals surface area contributed by atoms with Crippen LogP contribution in [0.3, 0.4) is 0 Å². The minimum absolute atomic E-state index is 0.114. The van der Waals surface area contributed by atoms with Crippen LogP contribution in [0.1, 0.15) is 22.0 Å². The number of thiophene rings is 1. The largest absolute Gasteiger partial charge is 0.343 e. The summed E-state index contributed by atoms with van der Waals surface area (Å²) in [6.45, 7) is 2.27. The fourth-order valence-electron chi connectivity index (χ4n) is 3.04. The second kappa shape index (κ2) is 10.5. The Bertz CT molecular complexity index is 990. The number of amides is 2. The molecule has 0 aliphatic heterocycles. The van der Waals surface area contributed by atoms with Crippen molar-refractivity contribution in [2.24, 2.45) is 0 Å². The molecule has 7 heteroatoms. The van der Waals surface area contributed by atoms with E-state index in [9.17, 15) is 9.59 Å². The predicted octanol–water partition coefficient (Wildman–Crippen LogP) is 4.60. The lowest BCUT2D eigenvalue weighted by molar-refractivity contribution is -0.123. The molecule has 2 amide bonds. The quantitative estimate of drug-likeness (QED) is 0.490. The maximum atomic E-state index is 12.7. The van der Waals surface area contributed by atoms with Crippen LogP contribution in [-0.2, 0) is 9.59 Å². The van der Waals surface area contributed by atoms with Crippen molar-refractivity contribution in [2.45, 2.75) is 13.0 Å². The number of nitrogens with one attached hydrogen (secondary N) is 2. The Morgan fingerprint density at radius 2 is 1.70 bits per heavy atom. The lowest BCUT2D eigenvalue weighted by Crippen LogP contribution is -2.40. The van der Waals surface area contributed by atoms with E-state index in [0.717, 1.165) is 14.9 Å². The van der Waals surface area contributed by atoms with Gasteiger partial charge in [-0.1, -0.05) is 48.0 Å². The first-order chi connectivity index (χ1) is 14.4. The Labute approximate surface area is 189 Å². The number of hydrogen-bond acceptors (Lipinski definition) is 4. The average molecular weight is 486 g/mol. The van der Waals surface area contributed by atoms with Gasteiger partial charge >= 0.3 is 0 Å². The molecule has 1 aromatic heterocycles. The topological polar surface area (TPSA) is 61.4 Å². The van der Waals surface area contributed by atoms with Gasteiger partial charge in [-0.25, -0.2) is 0 Å². The summed E-state index contributed by atoms with van der Waals surface area (Å²) in [5.74, 6) is -0.310. The molecule has 2 N–H and O–H groups in total. The summed E-state index contributed by atoms with van der Waals surface area (Å²) in [5.41, 5.74) is 2.91. The van der Waals surface area contributed by atoms with Gasteiger partial charge in [0.25, 0.3) is 0 Å². The van der Waals surface area contributed by atoms with E-state index in [2.05, 4.69) is 26.6 Å². The zero-order chi connectivity index (χ0) is 21.5. The monoisotopic (exact) mass is 485 g/mol. The number of carbonyl (C=O) groups is 2. The molecule has 2 aromatic carbocycles. The van der Waals surface area contributed by atoms with Crippen LogP contribution in [0.15, 0.2) is 70.5 Å². The number of likely N-dealkylation sites (N-methyl/N-ethyl adjacent to an activating group) is 1. The molecule has 156 valence electrons. The van der Waals surface area contributed by atoms with Gasteiger partial charge in [0.2, 0.25) is 11.8 Å². The molecule has 0 aliphatic carbocycles. The van der Waals surface area contributed by atoms with Crippen LogP contribution in [0.25, 0.3) is 0 Å². The van der Waals surface area contributed by atoms with Crippen LogP contribution >= 0.6 is 27.3 Å². The third-order valence-corrected chi connectivity index (χ3v) is 6.15. The Hall–Kier alpha value is -2.48. The minimum Gasteiger partial charge on any atom is -0.343 e. The number of halogens is 1. The van der Waals surface area contributed by atoms with Crippen molar-refractivity contribution < 1.29 is 9.59 Å². The van der Waals surface area contributed by atoms with Gasteiger partial charge in [-0.2, -0.15) is 0 Å². The highest BCUT2D eigenvalue weighted by Crippen LogP contribution is 2.26. The van der Waals surface area contributed by atoms with Crippen LogP contribution in [0.5, 0.6) is 0 Å². The smallest absolute Gasteiger partial charge is 0.238 e.